The summed E-state index contributed by atoms with van der Waals surface area (Å²) in [4.78, 5) is 43.9. The average Bonchev–Trinajstić information content (AvgIpc) is 3.53. The number of furan rings is 1. The number of amides is 2. The van der Waals surface area contributed by atoms with E-state index in [1.54, 1.807) is 12.1 Å². The van der Waals surface area contributed by atoms with Crippen LogP contribution >= 0.6 is 0 Å². The molecule has 2 aromatic carbocycles. The van der Waals surface area contributed by atoms with Crippen molar-refractivity contribution in [2.45, 2.75) is 18.6 Å². The van der Waals surface area contributed by atoms with E-state index in [0.717, 1.165) is 16.7 Å². The molecule has 0 spiro atoms. The maximum atomic E-state index is 13.6. The van der Waals surface area contributed by atoms with Crippen molar-refractivity contribution in [3.05, 3.63) is 102 Å². The summed E-state index contributed by atoms with van der Waals surface area (Å²) >= 11 is 0. The number of hydrogen-bond donors (Lipinski definition) is 0. The molecule has 0 aliphatic carbocycles. The summed E-state index contributed by atoms with van der Waals surface area (Å²) in [6, 6.07) is 19.4. The normalized spacial score (nSPS) is 25.6. The third-order valence-corrected chi connectivity index (χ3v) is 6.77. The van der Waals surface area contributed by atoms with Gasteiger partial charge in [-0.05, 0) is 34.9 Å². The Morgan fingerprint density at radius 2 is 1.62 bits per heavy atom. The number of carbonyl (C=O) groups is 3. The van der Waals surface area contributed by atoms with Gasteiger partial charge in [-0.1, -0.05) is 54.6 Å². The third-order valence-electron chi connectivity index (χ3n) is 6.77. The van der Waals surface area contributed by atoms with Crippen molar-refractivity contribution in [2.75, 3.05) is 0 Å². The molecule has 1 aromatic heterocycles. The van der Waals surface area contributed by atoms with Crippen LogP contribution in [-0.4, -0.2) is 33.4 Å². The molecule has 32 heavy (non-hydrogen) atoms. The summed E-state index contributed by atoms with van der Waals surface area (Å²) in [7, 11) is 0. The lowest BCUT2D eigenvalue weighted by molar-refractivity contribution is -0.142. The van der Waals surface area contributed by atoms with E-state index in [0.29, 0.717) is 0 Å². The molecule has 2 amide bonds. The molecule has 4 heterocycles. The predicted octanol–water partition coefficient (Wildman–Crippen LogP) is 3.67. The van der Waals surface area contributed by atoms with Gasteiger partial charge < -0.3 is 9.32 Å². The summed E-state index contributed by atoms with van der Waals surface area (Å²) in [6.07, 6.45) is 5.23. The quantitative estimate of drug-likeness (QED) is 0.472. The first-order chi connectivity index (χ1) is 15.6. The lowest BCUT2D eigenvalue weighted by atomic mass is 9.84. The number of fused-ring (bicyclic) bond motifs is 5. The number of likely N-dealkylation sites (tertiary alicyclic amines) is 1. The predicted molar refractivity (Wildman–Crippen MR) is 116 cm³/mol. The molecule has 0 saturated carbocycles. The second-order valence-electron chi connectivity index (χ2n) is 8.42. The number of hydrogen-bond acceptors (Lipinski definition) is 5. The van der Waals surface area contributed by atoms with E-state index in [4.69, 9.17) is 4.42 Å². The van der Waals surface area contributed by atoms with E-state index in [-0.39, 0.29) is 35.9 Å². The van der Waals surface area contributed by atoms with Crippen molar-refractivity contribution in [2.24, 2.45) is 11.8 Å². The maximum absolute atomic E-state index is 13.6. The Morgan fingerprint density at radius 1 is 0.875 bits per heavy atom. The molecule has 3 aliphatic rings. The molecule has 0 bridgehead atoms. The number of carbonyl (C=O) groups excluding carboxylic acids is 3. The van der Waals surface area contributed by atoms with Crippen LogP contribution in [0.2, 0.25) is 0 Å². The molecule has 158 valence electrons. The summed E-state index contributed by atoms with van der Waals surface area (Å²) in [5, 5.41) is 0. The second kappa shape index (κ2) is 7.05. The van der Waals surface area contributed by atoms with Crippen LogP contribution in [0.5, 0.6) is 0 Å². The molecule has 4 unspecified atom stereocenters. The summed E-state index contributed by atoms with van der Waals surface area (Å²) in [6.45, 7) is 0.206. The van der Waals surface area contributed by atoms with Gasteiger partial charge in [0.05, 0.1) is 30.7 Å². The van der Waals surface area contributed by atoms with Gasteiger partial charge in [-0.2, -0.15) is 0 Å². The monoisotopic (exact) mass is 424 g/mol. The Kier molecular flexibility index (Phi) is 4.15. The van der Waals surface area contributed by atoms with Crippen LogP contribution in [0.1, 0.15) is 33.3 Å². The molecular weight excluding hydrogens is 404 g/mol. The number of rotatable bonds is 4. The first kappa shape index (κ1) is 18.8. The van der Waals surface area contributed by atoms with E-state index in [9.17, 15) is 14.4 Å². The van der Waals surface area contributed by atoms with E-state index in [1.165, 1.54) is 11.2 Å². The fraction of sp³-hybridized carbons (Fsp3) is 0.192. The van der Waals surface area contributed by atoms with Gasteiger partial charge in [-0.15, -0.1) is 0 Å². The van der Waals surface area contributed by atoms with E-state index in [2.05, 4.69) is 0 Å². The maximum Gasteiger partial charge on any atom is 0.236 e. The van der Waals surface area contributed by atoms with Crippen molar-refractivity contribution in [3.8, 4) is 0 Å². The summed E-state index contributed by atoms with van der Waals surface area (Å²) in [5.74, 6) is -1.98. The first-order valence-corrected chi connectivity index (χ1v) is 10.7. The highest BCUT2D eigenvalue weighted by molar-refractivity contribution is 6.11. The SMILES string of the molecule is O=C(c1ccco1)C1C2C(=O)N(Cc3ccccc3)C(=O)C2C2c3ccccc3C=CN12. The van der Waals surface area contributed by atoms with Crippen molar-refractivity contribution in [1.29, 1.82) is 0 Å². The minimum absolute atomic E-state index is 0.198. The molecule has 4 atom stereocenters. The van der Waals surface area contributed by atoms with Gasteiger partial charge in [0.25, 0.3) is 0 Å². The fourth-order valence-electron chi connectivity index (χ4n) is 5.41. The van der Waals surface area contributed by atoms with E-state index < -0.39 is 17.9 Å². The zero-order chi connectivity index (χ0) is 21.8. The van der Waals surface area contributed by atoms with E-state index in [1.807, 2.05) is 71.8 Å². The lowest BCUT2D eigenvalue weighted by Gasteiger charge is -2.35. The molecule has 0 N–H and O–H groups in total. The van der Waals surface area contributed by atoms with Gasteiger partial charge in [-0.3, -0.25) is 19.3 Å². The molecule has 0 radical (unpaired) electrons. The van der Waals surface area contributed by atoms with E-state index >= 15 is 0 Å². The minimum atomic E-state index is -0.794. The number of nitrogens with zero attached hydrogens (tertiary/aromatic N) is 2. The second-order valence-corrected chi connectivity index (χ2v) is 8.42. The molecule has 6 nitrogen and oxygen atoms in total. The summed E-state index contributed by atoms with van der Waals surface area (Å²) in [5.41, 5.74) is 2.84. The van der Waals surface area contributed by atoms with Gasteiger partial charge in [0, 0.05) is 6.20 Å². The van der Waals surface area contributed by atoms with Crippen LogP contribution in [-0.2, 0) is 16.1 Å². The zero-order valence-corrected chi connectivity index (χ0v) is 17.1. The lowest BCUT2D eigenvalue weighted by Crippen LogP contribution is -2.44. The Hall–Kier alpha value is -3.93. The molecular formula is C26H20N2O4. The number of imide groups is 1. The van der Waals surface area contributed by atoms with Gasteiger partial charge >= 0.3 is 0 Å². The average molecular weight is 424 g/mol. The minimum Gasteiger partial charge on any atom is -0.461 e. The van der Waals surface area contributed by atoms with Crippen molar-refractivity contribution in [1.82, 2.24) is 9.80 Å². The van der Waals surface area contributed by atoms with Crippen molar-refractivity contribution >= 4 is 23.7 Å². The number of ketones is 1. The van der Waals surface area contributed by atoms with Crippen LogP contribution in [0.3, 0.4) is 0 Å². The van der Waals surface area contributed by atoms with Crippen molar-refractivity contribution < 1.29 is 18.8 Å². The Balaban J connectivity index is 1.45. The Labute approximate surface area is 184 Å². The molecule has 2 saturated heterocycles. The fourth-order valence-corrected chi connectivity index (χ4v) is 5.41. The molecule has 3 aliphatic heterocycles. The third kappa shape index (κ3) is 2.62. The molecule has 6 rings (SSSR count). The number of Topliss-reactive ketones (excluding diaryl/α,β-unsaturated/α-hetero) is 1. The highest BCUT2D eigenvalue weighted by Crippen LogP contribution is 2.53. The Bertz CT molecular complexity index is 1250. The smallest absolute Gasteiger partial charge is 0.236 e. The molecule has 3 aromatic rings. The van der Waals surface area contributed by atoms with Crippen LogP contribution in [0.15, 0.2) is 83.6 Å². The van der Waals surface area contributed by atoms with Crippen LogP contribution in [0.25, 0.3) is 6.08 Å². The van der Waals surface area contributed by atoms with Crippen molar-refractivity contribution in [3.63, 3.8) is 0 Å². The highest BCUT2D eigenvalue weighted by atomic mass is 16.3. The van der Waals surface area contributed by atoms with Crippen LogP contribution in [0, 0.1) is 11.8 Å². The first-order valence-electron chi connectivity index (χ1n) is 10.7. The zero-order valence-electron chi connectivity index (χ0n) is 17.1. The van der Waals surface area contributed by atoms with Gasteiger partial charge in [-0.25, -0.2) is 0 Å². The number of benzene rings is 2. The van der Waals surface area contributed by atoms with Gasteiger partial charge in [0.2, 0.25) is 17.6 Å². The van der Waals surface area contributed by atoms with Gasteiger partial charge in [0.15, 0.2) is 5.76 Å². The molecule has 6 heteroatoms. The van der Waals surface area contributed by atoms with Crippen LogP contribution in [0.4, 0.5) is 0 Å². The topological polar surface area (TPSA) is 70.8 Å². The standard InChI is InChI=1S/C26H20N2O4/c29-24(19-11-6-14-32-19)23-21-20(22-18-10-5-4-9-17(18)12-13-27(22)23)25(30)28(26(21)31)15-16-7-2-1-3-8-16/h1-14,20-23H,15H2. The molecule has 2 fully saturated rings. The van der Waals surface area contributed by atoms with Gasteiger partial charge in [0.1, 0.15) is 6.04 Å². The van der Waals surface area contributed by atoms with Crippen LogP contribution < -0.4 is 0 Å². The largest absolute Gasteiger partial charge is 0.461 e. The summed E-state index contributed by atoms with van der Waals surface area (Å²) < 4.78 is 5.38. The highest BCUT2D eigenvalue weighted by Gasteiger charge is 2.64. The Morgan fingerprint density at radius 3 is 2.41 bits per heavy atom.